The van der Waals surface area contributed by atoms with Crippen molar-refractivity contribution in [3.05, 3.63) is 0 Å². The maximum Gasteiger partial charge on any atom is 0.163 e. The van der Waals surface area contributed by atoms with Crippen LogP contribution in [0.25, 0.3) is 0 Å². The lowest BCUT2D eigenvalue weighted by Crippen LogP contribution is -2.42. The van der Waals surface area contributed by atoms with Gasteiger partial charge in [-0.3, -0.25) is 4.79 Å². The summed E-state index contributed by atoms with van der Waals surface area (Å²) in [4.78, 5) is 11.4. The molecule has 0 aromatic heterocycles. The molecule has 0 saturated carbocycles. The van der Waals surface area contributed by atoms with Gasteiger partial charge in [0.1, 0.15) is 6.10 Å². The monoisotopic (exact) mass is 288 g/mol. The highest BCUT2D eigenvalue weighted by molar-refractivity contribution is 5.80. The van der Waals surface area contributed by atoms with Crippen LogP contribution in [0.4, 0.5) is 0 Å². The molecule has 5 nitrogen and oxygen atoms in total. The molecule has 1 aliphatic heterocycles. The van der Waals surface area contributed by atoms with Gasteiger partial charge in [-0.1, -0.05) is 6.92 Å². The number of carbonyl (C=O) groups excluding carboxylic acids is 1. The summed E-state index contributed by atoms with van der Waals surface area (Å²) in [5.74, 6) is -0.831. The molecule has 1 rings (SSSR count). The number of hydrogen-bond donors (Lipinski definition) is 1. The minimum Gasteiger partial charge on any atom is -0.383 e. The van der Waals surface area contributed by atoms with Crippen molar-refractivity contribution in [2.75, 3.05) is 6.61 Å². The topological polar surface area (TPSA) is 65.0 Å². The zero-order valence-electron chi connectivity index (χ0n) is 13.4. The van der Waals surface area contributed by atoms with Crippen LogP contribution in [0.15, 0.2) is 0 Å². The molecule has 0 aliphatic carbocycles. The van der Waals surface area contributed by atoms with Crippen LogP contribution >= 0.6 is 0 Å². The van der Waals surface area contributed by atoms with Gasteiger partial charge in [-0.25, -0.2) is 0 Å². The highest BCUT2D eigenvalue weighted by Gasteiger charge is 2.37. The number of rotatable bonds is 7. The predicted octanol–water partition coefficient (Wildman–Crippen LogP) is 1.91. The van der Waals surface area contributed by atoms with E-state index >= 15 is 0 Å². The van der Waals surface area contributed by atoms with E-state index in [1.54, 1.807) is 0 Å². The number of aliphatic hydroxyl groups is 1. The maximum absolute atomic E-state index is 11.4. The molecular formula is C15H28O5. The van der Waals surface area contributed by atoms with Gasteiger partial charge < -0.3 is 19.3 Å². The quantitative estimate of drug-likeness (QED) is 0.775. The zero-order chi connectivity index (χ0) is 15.5. The Balaban J connectivity index is 2.63. The van der Waals surface area contributed by atoms with E-state index in [1.165, 1.54) is 6.92 Å². The fourth-order valence-corrected chi connectivity index (χ4v) is 2.49. The van der Waals surface area contributed by atoms with Gasteiger partial charge in [0.2, 0.25) is 0 Å². The van der Waals surface area contributed by atoms with Gasteiger partial charge in [-0.2, -0.15) is 0 Å². The van der Waals surface area contributed by atoms with Crippen LogP contribution in [0, 0.1) is 5.92 Å². The molecule has 1 saturated heterocycles. The van der Waals surface area contributed by atoms with Crippen molar-refractivity contribution in [1.29, 1.82) is 0 Å². The molecule has 20 heavy (non-hydrogen) atoms. The van der Waals surface area contributed by atoms with E-state index < -0.39 is 18.0 Å². The molecule has 1 N–H and O–H groups in total. The van der Waals surface area contributed by atoms with E-state index in [4.69, 9.17) is 14.2 Å². The lowest BCUT2D eigenvalue weighted by molar-refractivity contribution is -0.150. The van der Waals surface area contributed by atoms with Crippen molar-refractivity contribution >= 4 is 5.78 Å². The Hall–Kier alpha value is -0.490. The molecule has 118 valence electrons. The smallest absolute Gasteiger partial charge is 0.163 e. The summed E-state index contributed by atoms with van der Waals surface area (Å²) in [5.41, 5.74) is 0. The second kappa shape index (κ2) is 6.98. The van der Waals surface area contributed by atoms with Crippen molar-refractivity contribution in [3.63, 3.8) is 0 Å². The van der Waals surface area contributed by atoms with E-state index in [2.05, 4.69) is 0 Å². The molecule has 4 atom stereocenters. The van der Waals surface area contributed by atoms with Gasteiger partial charge in [0, 0.05) is 0 Å². The molecule has 5 heteroatoms. The SMILES string of the molecule is CC(=O)[C@@H](O)[C@H](OC(C)C)[C@@H](C)C[C@H]1COC(C)(C)O1. The van der Waals surface area contributed by atoms with E-state index in [0.29, 0.717) is 13.0 Å². The lowest BCUT2D eigenvalue weighted by Gasteiger charge is -2.30. The minimum atomic E-state index is -1.09. The summed E-state index contributed by atoms with van der Waals surface area (Å²) in [6.45, 7) is 11.4. The second-order valence-electron chi connectivity index (χ2n) is 6.37. The standard InChI is InChI=1S/C15H28O5/c1-9(2)19-14(13(17)11(4)16)10(3)7-12-8-18-15(5,6)20-12/h9-10,12-14,17H,7-8H2,1-6H3/t10-,12-,13+,14+/m0/s1. The van der Waals surface area contributed by atoms with Crippen LogP contribution in [0.1, 0.15) is 48.0 Å². The summed E-state index contributed by atoms with van der Waals surface area (Å²) < 4.78 is 17.0. The lowest BCUT2D eigenvalue weighted by atomic mass is 9.92. The van der Waals surface area contributed by atoms with E-state index in [9.17, 15) is 9.90 Å². The molecule has 0 aromatic rings. The number of carbonyl (C=O) groups is 1. The average Bonchev–Trinajstić information content (AvgIpc) is 2.64. The van der Waals surface area contributed by atoms with Crippen molar-refractivity contribution < 1.29 is 24.1 Å². The van der Waals surface area contributed by atoms with E-state index in [1.807, 2.05) is 34.6 Å². The Bertz CT molecular complexity index is 326. The minimum absolute atomic E-state index is 0.00111. The molecule has 1 aliphatic rings. The molecule has 0 amide bonds. The first kappa shape index (κ1) is 17.6. The van der Waals surface area contributed by atoms with Gasteiger partial charge >= 0.3 is 0 Å². The predicted molar refractivity (Wildman–Crippen MR) is 75.4 cm³/mol. The molecule has 0 unspecified atom stereocenters. The molecule has 1 fully saturated rings. The van der Waals surface area contributed by atoms with Crippen LogP contribution in [0.2, 0.25) is 0 Å². The van der Waals surface area contributed by atoms with Gasteiger partial charge in [0.25, 0.3) is 0 Å². The third-order valence-corrected chi connectivity index (χ3v) is 3.42. The summed E-state index contributed by atoms with van der Waals surface area (Å²) in [7, 11) is 0. The van der Waals surface area contributed by atoms with Crippen molar-refractivity contribution in [1.82, 2.24) is 0 Å². The molecule has 0 aromatic carbocycles. The van der Waals surface area contributed by atoms with Gasteiger partial charge in [0.15, 0.2) is 11.6 Å². The largest absolute Gasteiger partial charge is 0.383 e. The first-order chi connectivity index (χ1) is 9.12. The molecule has 0 bridgehead atoms. The zero-order valence-corrected chi connectivity index (χ0v) is 13.4. The van der Waals surface area contributed by atoms with E-state index in [0.717, 1.165) is 0 Å². The number of hydrogen-bond acceptors (Lipinski definition) is 5. The van der Waals surface area contributed by atoms with Gasteiger partial charge in [-0.05, 0) is 47.0 Å². The summed E-state index contributed by atoms with van der Waals surface area (Å²) in [6, 6.07) is 0. The Morgan fingerprint density at radius 1 is 1.40 bits per heavy atom. The first-order valence-corrected chi connectivity index (χ1v) is 7.28. The van der Waals surface area contributed by atoms with Crippen LogP contribution < -0.4 is 0 Å². The third kappa shape index (κ3) is 5.13. The van der Waals surface area contributed by atoms with Crippen molar-refractivity contribution in [2.24, 2.45) is 5.92 Å². The fourth-order valence-electron chi connectivity index (χ4n) is 2.49. The molecule has 0 spiro atoms. The first-order valence-electron chi connectivity index (χ1n) is 7.28. The van der Waals surface area contributed by atoms with Crippen molar-refractivity contribution in [3.8, 4) is 0 Å². The third-order valence-electron chi connectivity index (χ3n) is 3.42. The Morgan fingerprint density at radius 2 is 2.00 bits per heavy atom. The normalized spacial score (nSPS) is 26.5. The molecule has 1 heterocycles. The van der Waals surface area contributed by atoms with E-state index in [-0.39, 0.29) is 23.9 Å². The number of ketones is 1. The van der Waals surface area contributed by atoms with Crippen LogP contribution in [0.3, 0.4) is 0 Å². The summed E-state index contributed by atoms with van der Waals surface area (Å²) >= 11 is 0. The van der Waals surface area contributed by atoms with Crippen LogP contribution in [-0.4, -0.2) is 47.7 Å². The summed E-state index contributed by atoms with van der Waals surface area (Å²) in [6.07, 6.45) is -1.00. The maximum atomic E-state index is 11.4. The number of ether oxygens (including phenoxy) is 3. The number of aliphatic hydroxyl groups excluding tert-OH is 1. The Labute approximate surface area is 121 Å². The molecular weight excluding hydrogens is 260 g/mol. The highest BCUT2D eigenvalue weighted by atomic mass is 16.7. The Kier molecular flexibility index (Phi) is 6.13. The Morgan fingerprint density at radius 3 is 2.40 bits per heavy atom. The van der Waals surface area contributed by atoms with Gasteiger partial charge in [0.05, 0.1) is 24.9 Å². The van der Waals surface area contributed by atoms with Crippen LogP contribution in [0.5, 0.6) is 0 Å². The highest BCUT2D eigenvalue weighted by Crippen LogP contribution is 2.28. The summed E-state index contributed by atoms with van der Waals surface area (Å²) in [5, 5.41) is 10.0. The van der Waals surface area contributed by atoms with Gasteiger partial charge in [-0.15, -0.1) is 0 Å². The molecule has 0 radical (unpaired) electrons. The fraction of sp³-hybridized carbons (Fsp3) is 0.933. The van der Waals surface area contributed by atoms with Crippen LogP contribution in [-0.2, 0) is 19.0 Å². The second-order valence-corrected chi connectivity index (χ2v) is 6.37. The van der Waals surface area contributed by atoms with Crippen molar-refractivity contribution in [2.45, 2.75) is 78.2 Å². The number of Topliss-reactive ketones (excluding diaryl/α,β-unsaturated/α-hetero) is 1. The average molecular weight is 288 g/mol.